The molecule has 1 rings (SSSR count). The van der Waals surface area contributed by atoms with Crippen molar-refractivity contribution < 1.29 is 8.42 Å². The summed E-state index contributed by atoms with van der Waals surface area (Å²) in [5, 5.41) is 7.41. The molecule has 0 unspecified atom stereocenters. The highest BCUT2D eigenvalue weighted by atomic mass is 32.2. The van der Waals surface area contributed by atoms with Crippen LogP contribution in [0.2, 0.25) is 0 Å². The highest BCUT2D eigenvalue weighted by Crippen LogP contribution is 2.10. The van der Waals surface area contributed by atoms with Crippen molar-refractivity contribution >= 4 is 26.5 Å². The zero-order valence-corrected chi connectivity index (χ0v) is 9.14. The van der Waals surface area contributed by atoms with Gasteiger partial charge in [-0.2, -0.15) is 0 Å². The Labute approximate surface area is 86.6 Å². The maximum absolute atomic E-state index is 11.4. The summed E-state index contributed by atoms with van der Waals surface area (Å²) in [7, 11) is -3.27. The molecule has 0 aromatic carbocycles. The fourth-order valence-corrected chi connectivity index (χ4v) is 2.69. The van der Waals surface area contributed by atoms with Gasteiger partial charge < -0.3 is 5.73 Å². The van der Waals surface area contributed by atoms with Crippen LogP contribution in [0.3, 0.4) is 0 Å². The second-order valence-electron chi connectivity index (χ2n) is 2.66. The van der Waals surface area contributed by atoms with E-state index in [1.807, 2.05) is 0 Å². The predicted molar refractivity (Wildman–Crippen MR) is 55.6 cm³/mol. The summed E-state index contributed by atoms with van der Waals surface area (Å²) in [6, 6.07) is 0. The molecule has 0 aliphatic rings. The molecule has 0 atom stereocenters. The molecule has 1 heterocycles. The highest BCUT2D eigenvalue weighted by molar-refractivity contribution is 7.92. The minimum absolute atomic E-state index is 0.0732. The lowest BCUT2D eigenvalue weighted by Crippen LogP contribution is -2.17. The summed E-state index contributed by atoms with van der Waals surface area (Å²) >= 11 is 1.15. The van der Waals surface area contributed by atoms with Gasteiger partial charge in [-0.25, -0.2) is 8.42 Å². The van der Waals surface area contributed by atoms with Crippen molar-refractivity contribution in [3.05, 3.63) is 5.51 Å². The lowest BCUT2D eigenvalue weighted by Gasteiger charge is -2.03. The second kappa shape index (κ2) is 5.23. The van der Waals surface area contributed by atoms with Gasteiger partial charge in [0.05, 0.1) is 5.75 Å². The van der Waals surface area contributed by atoms with E-state index < -0.39 is 10.0 Å². The standard InChI is InChI=1S/C6H12N4O2S2/c7-3-1-2-4-14(11,12)10-6-9-8-5-13-6/h5H,1-4,7H2,(H,9,10). The third-order valence-electron chi connectivity index (χ3n) is 1.47. The number of unbranched alkanes of at least 4 members (excludes halogenated alkanes) is 1. The molecule has 0 spiro atoms. The quantitative estimate of drug-likeness (QED) is 0.678. The first-order valence-electron chi connectivity index (χ1n) is 4.11. The van der Waals surface area contributed by atoms with Gasteiger partial charge in [-0.05, 0) is 19.4 Å². The maximum Gasteiger partial charge on any atom is 0.234 e. The number of rotatable bonds is 6. The molecule has 0 bridgehead atoms. The van der Waals surface area contributed by atoms with E-state index in [9.17, 15) is 8.42 Å². The van der Waals surface area contributed by atoms with Crippen LogP contribution in [-0.4, -0.2) is 30.9 Å². The Morgan fingerprint density at radius 2 is 2.29 bits per heavy atom. The van der Waals surface area contributed by atoms with Gasteiger partial charge >= 0.3 is 0 Å². The molecular formula is C6H12N4O2S2. The Bertz CT molecular complexity index is 348. The summed E-state index contributed by atoms with van der Waals surface area (Å²) in [4.78, 5) is 0. The summed E-state index contributed by atoms with van der Waals surface area (Å²) < 4.78 is 25.1. The van der Waals surface area contributed by atoms with E-state index in [0.29, 0.717) is 24.5 Å². The number of hydrogen-bond acceptors (Lipinski definition) is 6. The smallest absolute Gasteiger partial charge is 0.234 e. The van der Waals surface area contributed by atoms with Crippen LogP contribution in [0.15, 0.2) is 5.51 Å². The number of nitrogens with one attached hydrogen (secondary N) is 1. The fourth-order valence-electron chi connectivity index (χ4n) is 0.838. The molecule has 0 saturated carbocycles. The van der Waals surface area contributed by atoms with Gasteiger partial charge in [0, 0.05) is 0 Å². The first-order valence-corrected chi connectivity index (χ1v) is 6.64. The van der Waals surface area contributed by atoms with Crippen molar-refractivity contribution in [1.82, 2.24) is 10.2 Å². The minimum Gasteiger partial charge on any atom is -0.330 e. The van der Waals surface area contributed by atoms with Gasteiger partial charge in [0.1, 0.15) is 5.51 Å². The van der Waals surface area contributed by atoms with Gasteiger partial charge in [0.2, 0.25) is 15.2 Å². The molecule has 8 heteroatoms. The van der Waals surface area contributed by atoms with Crippen LogP contribution in [-0.2, 0) is 10.0 Å². The van der Waals surface area contributed by atoms with Gasteiger partial charge in [-0.3, -0.25) is 4.72 Å². The van der Waals surface area contributed by atoms with Crippen LogP contribution in [0, 0.1) is 0 Å². The molecule has 14 heavy (non-hydrogen) atoms. The Morgan fingerprint density at radius 3 is 2.86 bits per heavy atom. The van der Waals surface area contributed by atoms with Crippen LogP contribution in [0.1, 0.15) is 12.8 Å². The molecule has 3 N–H and O–H groups in total. The summed E-state index contributed by atoms with van der Waals surface area (Å²) in [6.07, 6.45) is 1.27. The highest BCUT2D eigenvalue weighted by Gasteiger charge is 2.11. The Kier molecular flexibility index (Phi) is 4.23. The number of sulfonamides is 1. The largest absolute Gasteiger partial charge is 0.330 e. The van der Waals surface area contributed by atoms with Crippen LogP contribution in [0.25, 0.3) is 0 Å². The van der Waals surface area contributed by atoms with Crippen molar-refractivity contribution in [2.24, 2.45) is 5.73 Å². The lowest BCUT2D eigenvalue weighted by atomic mass is 10.3. The normalized spacial score (nSPS) is 11.5. The van der Waals surface area contributed by atoms with E-state index in [0.717, 1.165) is 11.3 Å². The fraction of sp³-hybridized carbons (Fsp3) is 0.667. The third-order valence-corrected chi connectivity index (χ3v) is 3.54. The average Bonchev–Trinajstić information content (AvgIpc) is 2.56. The van der Waals surface area contributed by atoms with Crippen molar-refractivity contribution in [2.45, 2.75) is 12.8 Å². The van der Waals surface area contributed by atoms with E-state index in [1.165, 1.54) is 5.51 Å². The van der Waals surface area contributed by atoms with E-state index in [4.69, 9.17) is 5.73 Å². The van der Waals surface area contributed by atoms with Crippen LogP contribution < -0.4 is 10.5 Å². The molecule has 0 saturated heterocycles. The maximum atomic E-state index is 11.4. The average molecular weight is 236 g/mol. The molecule has 0 amide bonds. The van der Waals surface area contributed by atoms with Crippen molar-refractivity contribution in [2.75, 3.05) is 17.0 Å². The Hall–Kier alpha value is -0.730. The summed E-state index contributed by atoms with van der Waals surface area (Å²) in [5.41, 5.74) is 6.73. The SMILES string of the molecule is NCCCCS(=O)(=O)Nc1nncs1. The van der Waals surface area contributed by atoms with Gasteiger partial charge in [0.15, 0.2) is 0 Å². The molecule has 1 aromatic heterocycles. The third kappa shape index (κ3) is 3.99. The van der Waals surface area contributed by atoms with E-state index >= 15 is 0 Å². The molecule has 1 aromatic rings. The van der Waals surface area contributed by atoms with E-state index in [1.54, 1.807) is 0 Å². The zero-order chi connectivity index (χ0) is 10.4. The number of nitrogens with two attached hydrogens (primary N) is 1. The van der Waals surface area contributed by atoms with Gasteiger partial charge in [0.25, 0.3) is 0 Å². The predicted octanol–water partition coefficient (Wildman–Crippen LogP) is 0.0187. The topological polar surface area (TPSA) is 98.0 Å². The van der Waals surface area contributed by atoms with Crippen LogP contribution in [0.5, 0.6) is 0 Å². The molecule has 0 fully saturated rings. The zero-order valence-electron chi connectivity index (χ0n) is 7.51. The van der Waals surface area contributed by atoms with Gasteiger partial charge in [-0.1, -0.05) is 11.3 Å². The first-order chi connectivity index (χ1) is 6.64. The number of hydrogen-bond donors (Lipinski definition) is 2. The Morgan fingerprint density at radius 1 is 1.50 bits per heavy atom. The minimum atomic E-state index is -3.27. The van der Waals surface area contributed by atoms with Gasteiger partial charge in [-0.15, -0.1) is 10.2 Å². The molecule has 0 radical (unpaired) electrons. The molecule has 80 valence electrons. The van der Waals surface area contributed by atoms with Crippen LogP contribution >= 0.6 is 11.3 Å². The molecule has 6 nitrogen and oxygen atoms in total. The van der Waals surface area contributed by atoms with Crippen molar-refractivity contribution in [3.63, 3.8) is 0 Å². The number of nitrogens with zero attached hydrogens (tertiary/aromatic N) is 2. The molecule has 0 aliphatic carbocycles. The van der Waals surface area contributed by atoms with Crippen molar-refractivity contribution in [1.29, 1.82) is 0 Å². The van der Waals surface area contributed by atoms with Crippen molar-refractivity contribution in [3.8, 4) is 0 Å². The number of anilines is 1. The van der Waals surface area contributed by atoms with E-state index in [-0.39, 0.29) is 5.75 Å². The van der Waals surface area contributed by atoms with E-state index in [2.05, 4.69) is 14.9 Å². The molecule has 0 aliphatic heterocycles. The molecular weight excluding hydrogens is 224 g/mol. The summed E-state index contributed by atoms with van der Waals surface area (Å²) in [6.45, 7) is 0.508. The Balaban J connectivity index is 2.42. The first kappa shape index (κ1) is 11.3. The number of aromatic nitrogens is 2. The lowest BCUT2D eigenvalue weighted by molar-refractivity contribution is 0.597. The monoisotopic (exact) mass is 236 g/mol. The summed E-state index contributed by atoms with van der Waals surface area (Å²) in [5.74, 6) is 0.0732. The van der Waals surface area contributed by atoms with Crippen LogP contribution in [0.4, 0.5) is 5.13 Å². The second-order valence-corrected chi connectivity index (χ2v) is 5.34.